The Morgan fingerprint density at radius 3 is 2.67 bits per heavy atom. The zero-order valence-corrected chi connectivity index (χ0v) is 13.9. The molecule has 21 heavy (non-hydrogen) atoms. The Hall–Kier alpha value is -1.81. The van der Waals surface area contributed by atoms with E-state index < -0.39 is 0 Å². The van der Waals surface area contributed by atoms with Crippen molar-refractivity contribution in [3.8, 4) is 17.0 Å². The largest absolute Gasteiger partial charge is 0.496 e. The molecule has 0 amide bonds. The van der Waals surface area contributed by atoms with E-state index in [2.05, 4.69) is 46.9 Å². The first-order valence-corrected chi connectivity index (χ1v) is 7.70. The number of hydrogen-bond acceptors (Lipinski definition) is 2. The lowest BCUT2D eigenvalue weighted by Gasteiger charge is -2.12. The van der Waals surface area contributed by atoms with E-state index in [1.807, 2.05) is 35.0 Å². The van der Waals surface area contributed by atoms with Gasteiger partial charge < -0.3 is 9.14 Å². The summed E-state index contributed by atoms with van der Waals surface area (Å²) in [6, 6.07) is 10.2. The van der Waals surface area contributed by atoms with E-state index in [9.17, 15) is 0 Å². The van der Waals surface area contributed by atoms with Crippen LogP contribution in [-0.4, -0.2) is 16.5 Å². The van der Waals surface area contributed by atoms with Gasteiger partial charge in [0.25, 0.3) is 0 Å². The quantitative estimate of drug-likeness (QED) is 0.675. The predicted molar refractivity (Wildman–Crippen MR) is 89.0 cm³/mol. The molecule has 0 unspecified atom stereocenters. The number of hydrogen-bond donors (Lipinski definition) is 0. The summed E-state index contributed by atoms with van der Waals surface area (Å²) in [5.74, 6) is 1.34. The summed E-state index contributed by atoms with van der Waals surface area (Å²) in [5, 5.41) is 0. The van der Waals surface area contributed by atoms with E-state index in [4.69, 9.17) is 4.74 Å². The van der Waals surface area contributed by atoms with E-state index in [-0.39, 0.29) is 0 Å². The van der Waals surface area contributed by atoms with E-state index in [1.54, 1.807) is 7.11 Å². The Kier molecular flexibility index (Phi) is 3.72. The number of pyridine rings is 1. The normalized spacial score (nSPS) is 11.3. The smallest absolute Gasteiger partial charge is 0.137 e. The number of ether oxygens (including phenoxy) is 1. The molecule has 0 N–H and O–H groups in total. The fraction of sp³-hybridized carbons (Fsp3) is 0.235. The highest BCUT2D eigenvalue weighted by Crippen LogP contribution is 2.31. The molecular weight excluding hydrogens is 328 g/mol. The summed E-state index contributed by atoms with van der Waals surface area (Å²) in [5.41, 5.74) is 4.22. The first-order chi connectivity index (χ1) is 10.1. The van der Waals surface area contributed by atoms with Crippen LogP contribution in [0.1, 0.15) is 25.3 Å². The highest BCUT2D eigenvalue weighted by atomic mass is 79.9. The van der Waals surface area contributed by atoms with Crippen LogP contribution in [0.5, 0.6) is 5.75 Å². The van der Waals surface area contributed by atoms with Crippen molar-refractivity contribution in [1.82, 2.24) is 9.38 Å². The fourth-order valence-corrected chi connectivity index (χ4v) is 2.80. The lowest BCUT2D eigenvalue weighted by atomic mass is 9.98. The van der Waals surface area contributed by atoms with Crippen LogP contribution in [0.2, 0.25) is 0 Å². The lowest BCUT2D eigenvalue weighted by Crippen LogP contribution is -1.94. The van der Waals surface area contributed by atoms with Crippen LogP contribution in [-0.2, 0) is 0 Å². The molecule has 4 heteroatoms. The molecule has 2 heterocycles. The fourth-order valence-electron chi connectivity index (χ4n) is 2.45. The maximum absolute atomic E-state index is 5.44. The topological polar surface area (TPSA) is 26.5 Å². The molecule has 0 aliphatic heterocycles. The van der Waals surface area contributed by atoms with Crippen LogP contribution in [0, 0.1) is 0 Å². The minimum atomic E-state index is 0.408. The van der Waals surface area contributed by atoms with Gasteiger partial charge in [0.15, 0.2) is 0 Å². The molecule has 3 aromatic rings. The summed E-state index contributed by atoms with van der Waals surface area (Å²) in [7, 11) is 1.71. The molecule has 3 rings (SSSR count). The van der Waals surface area contributed by atoms with E-state index in [1.165, 1.54) is 5.56 Å². The maximum atomic E-state index is 5.44. The van der Waals surface area contributed by atoms with Crippen LogP contribution >= 0.6 is 15.9 Å². The number of rotatable bonds is 3. The molecule has 108 valence electrons. The van der Waals surface area contributed by atoms with E-state index in [0.29, 0.717) is 5.92 Å². The zero-order chi connectivity index (χ0) is 15.0. The molecule has 0 atom stereocenters. The van der Waals surface area contributed by atoms with Crippen molar-refractivity contribution < 1.29 is 4.74 Å². The summed E-state index contributed by atoms with van der Waals surface area (Å²) in [6.07, 6.45) is 4.06. The second kappa shape index (κ2) is 5.53. The highest BCUT2D eigenvalue weighted by Gasteiger charge is 2.11. The van der Waals surface area contributed by atoms with Crippen molar-refractivity contribution in [1.29, 1.82) is 0 Å². The van der Waals surface area contributed by atoms with Crippen molar-refractivity contribution in [3.05, 3.63) is 52.8 Å². The maximum Gasteiger partial charge on any atom is 0.137 e. The van der Waals surface area contributed by atoms with Gasteiger partial charge in [-0.1, -0.05) is 13.8 Å². The number of methoxy groups -OCH3 is 1. The van der Waals surface area contributed by atoms with Gasteiger partial charge in [0, 0.05) is 22.4 Å². The number of benzene rings is 1. The number of nitrogens with zero attached hydrogens (tertiary/aromatic N) is 2. The van der Waals surface area contributed by atoms with E-state index in [0.717, 1.165) is 27.1 Å². The molecule has 3 nitrogen and oxygen atoms in total. The van der Waals surface area contributed by atoms with Crippen LogP contribution in [0.4, 0.5) is 0 Å². The van der Waals surface area contributed by atoms with Gasteiger partial charge in [-0.05, 0) is 57.7 Å². The standard InChI is InChI=1S/C17H17BrN2O/c1-11(2)14-8-12(4-6-16(14)21-3)15-10-20-9-13(18)5-7-17(20)19-15/h4-11H,1-3H3. The summed E-state index contributed by atoms with van der Waals surface area (Å²) < 4.78 is 8.51. The monoisotopic (exact) mass is 344 g/mol. The van der Waals surface area contributed by atoms with Crippen molar-refractivity contribution in [2.45, 2.75) is 19.8 Å². The second-order valence-corrected chi connectivity index (χ2v) is 6.27. The first-order valence-electron chi connectivity index (χ1n) is 6.91. The molecule has 2 aromatic heterocycles. The minimum absolute atomic E-state index is 0.408. The van der Waals surface area contributed by atoms with Gasteiger partial charge in [0.05, 0.1) is 12.8 Å². The molecule has 0 fully saturated rings. The molecule has 0 saturated heterocycles. The molecule has 0 radical (unpaired) electrons. The number of fused-ring (bicyclic) bond motifs is 1. The second-order valence-electron chi connectivity index (χ2n) is 5.35. The van der Waals surface area contributed by atoms with Gasteiger partial charge in [-0.25, -0.2) is 4.98 Å². The number of imidazole rings is 1. The van der Waals surface area contributed by atoms with Crippen LogP contribution in [0.3, 0.4) is 0 Å². The molecule has 0 aliphatic carbocycles. The minimum Gasteiger partial charge on any atom is -0.496 e. The molecular formula is C17H17BrN2O. The van der Waals surface area contributed by atoms with Crippen molar-refractivity contribution >= 4 is 21.6 Å². The van der Waals surface area contributed by atoms with Crippen molar-refractivity contribution in [2.75, 3.05) is 7.11 Å². The molecule has 1 aromatic carbocycles. The van der Waals surface area contributed by atoms with Gasteiger partial charge in [0.1, 0.15) is 11.4 Å². The van der Waals surface area contributed by atoms with Gasteiger partial charge >= 0.3 is 0 Å². The Bertz CT molecular complexity index is 793. The van der Waals surface area contributed by atoms with Crippen molar-refractivity contribution in [2.24, 2.45) is 0 Å². The Labute approximate surface area is 132 Å². The molecule has 0 aliphatic rings. The summed E-state index contributed by atoms with van der Waals surface area (Å²) in [4.78, 5) is 4.68. The first kappa shape index (κ1) is 14.1. The zero-order valence-electron chi connectivity index (χ0n) is 12.3. The van der Waals surface area contributed by atoms with Crippen LogP contribution in [0.25, 0.3) is 16.9 Å². The van der Waals surface area contributed by atoms with Gasteiger partial charge in [-0.15, -0.1) is 0 Å². The summed E-state index contributed by atoms with van der Waals surface area (Å²) >= 11 is 3.48. The SMILES string of the molecule is COc1ccc(-c2cn3cc(Br)ccc3n2)cc1C(C)C. The third kappa shape index (κ3) is 2.68. The lowest BCUT2D eigenvalue weighted by molar-refractivity contribution is 0.407. The number of halogens is 1. The third-order valence-corrected chi connectivity index (χ3v) is 4.03. The third-order valence-electron chi connectivity index (χ3n) is 3.56. The Balaban J connectivity index is 2.11. The van der Waals surface area contributed by atoms with Crippen LogP contribution in [0.15, 0.2) is 47.2 Å². The van der Waals surface area contributed by atoms with Crippen LogP contribution < -0.4 is 4.74 Å². The highest BCUT2D eigenvalue weighted by molar-refractivity contribution is 9.10. The number of aromatic nitrogens is 2. The Morgan fingerprint density at radius 2 is 1.95 bits per heavy atom. The predicted octanol–water partition coefficient (Wildman–Crippen LogP) is 4.90. The Morgan fingerprint density at radius 1 is 1.14 bits per heavy atom. The van der Waals surface area contributed by atoms with Gasteiger partial charge in [-0.3, -0.25) is 0 Å². The summed E-state index contributed by atoms with van der Waals surface area (Å²) in [6.45, 7) is 4.34. The van der Waals surface area contributed by atoms with Gasteiger partial charge in [0.2, 0.25) is 0 Å². The molecule has 0 saturated carbocycles. The van der Waals surface area contributed by atoms with E-state index >= 15 is 0 Å². The van der Waals surface area contributed by atoms with Gasteiger partial charge in [-0.2, -0.15) is 0 Å². The molecule has 0 bridgehead atoms. The average Bonchev–Trinajstić information content (AvgIpc) is 2.89. The van der Waals surface area contributed by atoms with Crippen molar-refractivity contribution in [3.63, 3.8) is 0 Å². The average molecular weight is 345 g/mol. The molecule has 0 spiro atoms.